The van der Waals surface area contributed by atoms with Crippen molar-refractivity contribution < 1.29 is 29.4 Å². The summed E-state index contributed by atoms with van der Waals surface area (Å²) < 4.78 is 7.31. The summed E-state index contributed by atoms with van der Waals surface area (Å²) in [6, 6.07) is 7.10. The maximum atomic E-state index is 13.6. The normalized spacial score (nSPS) is 17.2. The van der Waals surface area contributed by atoms with E-state index in [0.717, 1.165) is 29.4 Å². The van der Waals surface area contributed by atoms with Gasteiger partial charge < -0.3 is 14.4 Å². The number of benzene rings is 1. The summed E-state index contributed by atoms with van der Waals surface area (Å²) in [5, 5.41) is 20.6. The number of hydrogen-bond donors (Lipinski definition) is 3. The molecule has 0 spiro atoms. The van der Waals surface area contributed by atoms with Crippen LogP contribution in [0.2, 0.25) is 0 Å². The molecule has 5 rings (SSSR count). The van der Waals surface area contributed by atoms with Crippen LogP contribution in [0.3, 0.4) is 0 Å². The number of nitrogens with zero attached hydrogens (tertiary/aromatic N) is 2. The van der Waals surface area contributed by atoms with Crippen molar-refractivity contribution in [3.8, 4) is 17.1 Å². The average molecular weight is 562 g/mol. The molecule has 0 radical (unpaired) electrons. The van der Waals surface area contributed by atoms with Crippen molar-refractivity contribution in [3.63, 3.8) is 0 Å². The number of hydroxylamine groups is 1. The molecule has 41 heavy (non-hydrogen) atoms. The molecule has 0 saturated carbocycles. The molecule has 3 N–H and O–H groups in total. The Hall–Kier alpha value is -3.89. The van der Waals surface area contributed by atoms with Crippen molar-refractivity contribution >= 4 is 28.6 Å². The number of hydrogen-bond acceptors (Lipinski definition) is 8. The van der Waals surface area contributed by atoms with Crippen LogP contribution in [0, 0.1) is 0 Å². The molecule has 1 aliphatic heterocycles. The van der Waals surface area contributed by atoms with E-state index >= 15 is 0 Å². The molecule has 10 nitrogen and oxygen atoms in total. The third-order valence-corrected chi connectivity index (χ3v) is 8.40. The van der Waals surface area contributed by atoms with Crippen molar-refractivity contribution in [1.29, 1.82) is 0 Å². The Morgan fingerprint density at radius 1 is 1.05 bits per heavy atom. The van der Waals surface area contributed by atoms with Gasteiger partial charge in [-0.05, 0) is 61.9 Å². The van der Waals surface area contributed by atoms with Gasteiger partial charge in [0, 0.05) is 41.3 Å². The largest absolute Gasteiger partial charge is 0.427 e. The minimum atomic E-state index is -1.66. The lowest BCUT2D eigenvalue weighted by Crippen LogP contribution is -2.43. The summed E-state index contributed by atoms with van der Waals surface area (Å²) in [4.78, 5) is 54.6. The number of nitrogens with one attached hydrogen (secondary N) is 1. The predicted octanol–water partition coefficient (Wildman–Crippen LogP) is 3.85. The van der Waals surface area contributed by atoms with Crippen LogP contribution in [-0.2, 0) is 39.4 Å². The first-order chi connectivity index (χ1) is 19.7. The van der Waals surface area contributed by atoms with Gasteiger partial charge in [0.1, 0.15) is 11.4 Å². The molecule has 2 aliphatic rings. The number of ether oxygens (including phenoxy) is 1. The molecule has 1 amide bonds. The highest BCUT2D eigenvalue weighted by atomic mass is 16.5. The van der Waals surface area contributed by atoms with E-state index in [1.165, 1.54) is 0 Å². The van der Waals surface area contributed by atoms with E-state index in [4.69, 9.17) is 14.9 Å². The summed E-state index contributed by atoms with van der Waals surface area (Å²) in [6.45, 7) is 4.13. The van der Waals surface area contributed by atoms with Gasteiger partial charge in [-0.3, -0.25) is 24.4 Å². The van der Waals surface area contributed by atoms with Crippen molar-refractivity contribution in [2.45, 2.75) is 90.2 Å². The number of rotatable bonds is 10. The van der Waals surface area contributed by atoms with E-state index in [0.29, 0.717) is 66.0 Å². The van der Waals surface area contributed by atoms with Gasteiger partial charge in [-0.25, -0.2) is 10.5 Å². The summed E-state index contributed by atoms with van der Waals surface area (Å²) in [5.41, 5.74) is 4.57. The fourth-order valence-corrected chi connectivity index (χ4v) is 6.14. The molecule has 2 aromatic heterocycles. The van der Waals surface area contributed by atoms with Crippen LogP contribution >= 0.6 is 0 Å². The van der Waals surface area contributed by atoms with Crippen LogP contribution in [0.5, 0.6) is 5.75 Å². The van der Waals surface area contributed by atoms with E-state index in [1.54, 1.807) is 35.2 Å². The molecule has 0 saturated heterocycles. The van der Waals surface area contributed by atoms with Crippen LogP contribution in [0.1, 0.15) is 87.5 Å². The number of esters is 1. The minimum absolute atomic E-state index is 0.145. The Balaban J connectivity index is 1.39. The average Bonchev–Trinajstić information content (AvgIpc) is 3.34. The van der Waals surface area contributed by atoms with Gasteiger partial charge in [0.05, 0.1) is 23.4 Å². The number of aromatic nitrogens is 2. The second-order valence-electron chi connectivity index (χ2n) is 10.8. The summed E-state index contributed by atoms with van der Waals surface area (Å²) in [5.74, 6) is -0.590. The van der Waals surface area contributed by atoms with Crippen LogP contribution < -0.4 is 15.8 Å². The number of Topliss-reactive ketones (excluding diaryl/α,β-unsaturated/α-hetero) is 1. The summed E-state index contributed by atoms with van der Waals surface area (Å²) in [6.07, 6.45) is 4.66. The van der Waals surface area contributed by atoms with Gasteiger partial charge in [0.25, 0.3) is 5.56 Å². The number of aryl methyl sites for hydroxylation is 1. The standard InChI is InChI=1S/C31H35N3O7/c1-3-19-21-15-18(41-28(37)10-8-6-5-7-9-27(36)33-40)11-13-24(21)32-29-22(19)17-34-25(29)16-23-20(30(34)38)12-14-26(35)31(23,39)4-2/h11,13,15-16,39-40H,3-10,12,14,17H2,1-2H3,(H,33,36). The number of aliphatic hydroxyl groups is 1. The first-order valence-corrected chi connectivity index (χ1v) is 14.3. The quantitative estimate of drug-likeness (QED) is 0.0870. The maximum Gasteiger partial charge on any atom is 0.311 e. The first kappa shape index (κ1) is 28.6. The second kappa shape index (κ2) is 11.5. The highest BCUT2D eigenvalue weighted by molar-refractivity contribution is 5.92. The van der Waals surface area contributed by atoms with E-state index in [2.05, 4.69) is 0 Å². The van der Waals surface area contributed by atoms with Crippen LogP contribution in [-0.4, -0.2) is 37.5 Å². The lowest BCUT2D eigenvalue weighted by molar-refractivity contribution is -0.140. The Bertz CT molecular complexity index is 1610. The monoisotopic (exact) mass is 561 g/mol. The summed E-state index contributed by atoms with van der Waals surface area (Å²) in [7, 11) is 0. The van der Waals surface area contributed by atoms with E-state index in [1.807, 2.05) is 13.0 Å². The van der Waals surface area contributed by atoms with Crippen molar-refractivity contribution in [3.05, 3.63) is 56.9 Å². The van der Waals surface area contributed by atoms with Crippen LogP contribution in [0.4, 0.5) is 0 Å². The van der Waals surface area contributed by atoms with Crippen molar-refractivity contribution in [2.75, 3.05) is 0 Å². The van der Waals surface area contributed by atoms with Gasteiger partial charge in [-0.1, -0.05) is 26.7 Å². The lowest BCUT2D eigenvalue weighted by Gasteiger charge is -2.32. The lowest BCUT2D eigenvalue weighted by atomic mass is 9.77. The molecule has 1 unspecified atom stereocenters. The molecule has 1 aliphatic carbocycles. The van der Waals surface area contributed by atoms with Gasteiger partial charge in [0.2, 0.25) is 5.91 Å². The van der Waals surface area contributed by atoms with Crippen molar-refractivity contribution in [1.82, 2.24) is 15.0 Å². The SMILES string of the molecule is CCc1c2c(nc3ccc(OC(=O)CCCCCCC(=O)NO)cc13)-c1cc3c(c(=O)n1C2)CCC(=O)C3(O)CC. The fraction of sp³-hybridized carbons (Fsp3) is 0.452. The zero-order valence-corrected chi connectivity index (χ0v) is 23.4. The minimum Gasteiger partial charge on any atom is -0.427 e. The van der Waals surface area contributed by atoms with Gasteiger partial charge in [-0.15, -0.1) is 0 Å². The van der Waals surface area contributed by atoms with E-state index in [9.17, 15) is 24.3 Å². The van der Waals surface area contributed by atoms with Gasteiger partial charge in [0.15, 0.2) is 5.78 Å². The molecule has 10 heteroatoms. The predicted molar refractivity (Wildman–Crippen MR) is 151 cm³/mol. The molecule has 216 valence electrons. The third kappa shape index (κ3) is 5.17. The number of unbranched alkanes of at least 4 members (excludes halogenated alkanes) is 3. The Labute approximate surface area is 237 Å². The molecule has 0 fully saturated rings. The van der Waals surface area contributed by atoms with E-state index in [-0.39, 0.29) is 43.0 Å². The van der Waals surface area contributed by atoms with Gasteiger partial charge in [-0.2, -0.15) is 0 Å². The number of amides is 1. The van der Waals surface area contributed by atoms with Crippen LogP contribution in [0.15, 0.2) is 29.1 Å². The van der Waals surface area contributed by atoms with Crippen molar-refractivity contribution in [2.24, 2.45) is 0 Å². The number of fused-ring (bicyclic) bond motifs is 5. The smallest absolute Gasteiger partial charge is 0.311 e. The number of pyridine rings is 2. The number of carbonyl (C=O) groups excluding carboxylic acids is 3. The molecular formula is C31H35N3O7. The van der Waals surface area contributed by atoms with E-state index < -0.39 is 11.5 Å². The Morgan fingerprint density at radius 2 is 1.80 bits per heavy atom. The third-order valence-electron chi connectivity index (χ3n) is 8.40. The second-order valence-corrected chi connectivity index (χ2v) is 10.8. The molecule has 1 atom stereocenters. The highest BCUT2D eigenvalue weighted by Gasteiger charge is 2.43. The molecular weight excluding hydrogens is 526 g/mol. The molecule has 3 aromatic rings. The maximum absolute atomic E-state index is 13.6. The Morgan fingerprint density at radius 3 is 2.51 bits per heavy atom. The first-order valence-electron chi connectivity index (χ1n) is 14.3. The highest BCUT2D eigenvalue weighted by Crippen LogP contribution is 2.41. The number of ketones is 1. The van der Waals surface area contributed by atoms with Gasteiger partial charge >= 0.3 is 5.97 Å². The van der Waals surface area contributed by atoms with Crippen LogP contribution in [0.25, 0.3) is 22.3 Å². The molecule has 0 bridgehead atoms. The topological polar surface area (TPSA) is 148 Å². The Kier molecular flexibility index (Phi) is 8.06. The fourth-order valence-electron chi connectivity index (χ4n) is 6.14. The zero-order chi connectivity index (χ0) is 29.3. The number of carbonyl (C=O) groups is 3. The molecule has 3 heterocycles. The molecule has 1 aromatic carbocycles. The zero-order valence-electron chi connectivity index (χ0n) is 23.4. The summed E-state index contributed by atoms with van der Waals surface area (Å²) >= 11 is 0.